The van der Waals surface area contributed by atoms with Gasteiger partial charge in [-0.25, -0.2) is 9.97 Å². The van der Waals surface area contributed by atoms with Gasteiger partial charge in [0, 0.05) is 46.0 Å². The van der Waals surface area contributed by atoms with Gasteiger partial charge in [-0.2, -0.15) is 24.5 Å². The molecule has 1 N–H and O–H groups in total. The van der Waals surface area contributed by atoms with E-state index < -0.39 is 16.4 Å². The number of rotatable bonds is 7. The predicted octanol–water partition coefficient (Wildman–Crippen LogP) is 6.92. The van der Waals surface area contributed by atoms with Gasteiger partial charge in [0.25, 0.3) is 0 Å². The number of benzene rings is 6. The molecule has 8 aromatic rings. The van der Waals surface area contributed by atoms with Crippen molar-refractivity contribution in [3.8, 4) is 45.9 Å². The maximum absolute atomic E-state index is 9.73. The Morgan fingerprint density at radius 1 is 0.583 bits per heavy atom. The molecule has 0 fully saturated rings. The zero-order valence-corrected chi connectivity index (χ0v) is 32.8. The van der Waals surface area contributed by atoms with Crippen LogP contribution in [0.5, 0.6) is 0 Å². The number of hydrogen-bond donors (Lipinski definition) is 1. The average Bonchev–Trinajstić information content (AvgIpc) is 3.75. The summed E-state index contributed by atoms with van der Waals surface area (Å²) in [7, 11) is -2.58. The first-order valence-electron chi connectivity index (χ1n) is 18.7. The summed E-state index contributed by atoms with van der Waals surface area (Å²) in [6, 6.07) is 59.0. The predicted molar refractivity (Wildman–Crippen MR) is 223 cm³/mol. The molecule has 60 heavy (non-hydrogen) atoms. The molecule has 0 amide bonds. The molecule has 11 nitrogen and oxygen atoms in total. The lowest BCUT2D eigenvalue weighted by Gasteiger charge is -2.30. The molecular weight excluding hydrogens is 774 g/mol. The average molecular weight is 808 g/mol. The molecule has 0 spiro atoms. The Balaban J connectivity index is 0.000000943. The molecule has 0 saturated heterocycles. The number of nitriles is 2. The second-order valence-electron chi connectivity index (χ2n) is 13.7. The number of fused-ring (bicyclic) bond motifs is 2. The lowest BCUT2D eigenvalue weighted by atomic mass is 10.0. The third kappa shape index (κ3) is 7.94. The van der Waals surface area contributed by atoms with Gasteiger partial charge in [0.05, 0.1) is 55.2 Å². The van der Waals surface area contributed by atoms with Crippen molar-refractivity contribution in [2.45, 2.75) is 6.17 Å². The number of nitrogens with zero attached hydrogens (tertiary/aromatic N) is 7. The minimum atomic E-state index is -4.69. The Morgan fingerprint density at radius 2 is 0.983 bits per heavy atom. The van der Waals surface area contributed by atoms with E-state index >= 15 is 0 Å². The Morgan fingerprint density at radius 3 is 1.42 bits per heavy atom. The van der Waals surface area contributed by atoms with E-state index in [9.17, 15) is 10.5 Å². The molecule has 0 radical (unpaired) electrons. The maximum atomic E-state index is 9.73. The van der Waals surface area contributed by atoms with E-state index in [-0.39, 0.29) is 0 Å². The smallest absolute Gasteiger partial charge is 0.179 e. The van der Waals surface area contributed by atoms with Gasteiger partial charge in [-0.3, -0.25) is 9.80 Å². The Bertz CT molecular complexity index is 2770. The largest absolute Gasteiger partial charge is 0.343 e. The molecule has 0 bridgehead atoms. The molecule has 2 aromatic heterocycles. The van der Waals surface area contributed by atoms with Crippen molar-refractivity contribution < 1.29 is 28.9 Å². The van der Waals surface area contributed by atoms with Crippen LogP contribution >= 0.6 is 0 Å². The Kier molecular flexibility index (Phi) is 10.9. The molecule has 0 atom stereocenters. The fourth-order valence-electron chi connectivity index (χ4n) is 7.54. The number of halogens is 1. The van der Waals surface area contributed by atoms with Crippen molar-refractivity contribution in [1.82, 2.24) is 14.5 Å². The van der Waals surface area contributed by atoms with Crippen LogP contribution in [0.4, 0.5) is 23.0 Å². The van der Waals surface area contributed by atoms with Crippen molar-refractivity contribution in [2.24, 2.45) is 7.05 Å². The second kappa shape index (κ2) is 16.7. The van der Waals surface area contributed by atoms with E-state index in [4.69, 9.17) is 28.6 Å². The highest BCUT2D eigenvalue weighted by Crippen LogP contribution is 2.49. The van der Waals surface area contributed by atoms with Gasteiger partial charge >= 0.3 is 0 Å². The van der Waals surface area contributed by atoms with Crippen molar-refractivity contribution in [3.63, 3.8) is 0 Å². The van der Waals surface area contributed by atoms with E-state index in [1.54, 1.807) is 0 Å². The second-order valence-corrected chi connectivity index (χ2v) is 14.5. The van der Waals surface area contributed by atoms with Crippen LogP contribution in [0.1, 0.15) is 16.7 Å². The van der Waals surface area contributed by atoms with E-state index in [1.165, 1.54) is 0 Å². The third-order valence-electron chi connectivity index (χ3n) is 10.1. The number of hydrogen-bond acceptors (Lipinski definition) is 10. The van der Waals surface area contributed by atoms with E-state index in [1.807, 2.05) is 91.0 Å². The van der Waals surface area contributed by atoms with Crippen molar-refractivity contribution >= 4 is 40.0 Å². The first-order chi connectivity index (χ1) is 29.1. The Hall–Kier alpha value is -7.61. The molecule has 12 heteroatoms. The summed E-state index contributed by atoms with van der Waals surface area (Å²) in [5.74, 6) is 1.34. The summed E-state index contributed by atoms with van der Waals surface area (Å²) >= 11 is 0. The van der Waals surface area contributed by atoms with Crippen LogP contribution in [-0.2, 0) is 7.05 Å². The lowest BCUT2D eigenvalue weighted by molar-refractivity contribution is -1.92. The molecule has 9 rings (SSSR count). The normalized spacial score (nSPS) is 12.5. The van der Waals surface area contributed by atoms with Crippen LogP contribution in [-0.4, -0.2) is 25.4 Å². The van der Waals surface area contributed by atoms with Crippen LogP contribution in [0.15, 0.2) is 170 Å². The van der Waals surface area contributed by atoms with Gasteiger partial charge in [-0.1, -0.05) is 115 Å². The van der Waals surface area contributed by atoms with Crippen LogP contribution < -0.4 is 23.8 Å². The highest BCUT2D eigenvalue weighted by atomic mass is 35.7. The number of aromatic nitrogens is 3. The molecule has 3 heterocycles. The molecule has 0 unspecified atom stereocenters. The van der Waals surface area contributed by atoms with Gasteiger partial charge in [-0.05, 0) is 66.2 Å². The van der Waals surface area contributed by atoms with Crippen molar-refractivity contribution in [3.05, 3.63) is 187 Å². The highest BCUT2D eigenvalue weighted by molar-refractivity contribution is 5.98. The molecule has 1 aliphatic heterocycles. The molecule has 1 aliphatic rings. The summed E-state index contributed by atoms with van der Waals surface area (Å²) in [6.07, 6.45) is 3.97. The Labute approximate surface area is 348 Å². The van der Waals surface area contributed by atoms with Crippen molar-refractivity contribution in [1.29, 1.82) is 10.5 Å². The summed E-state index contributed by atoms with van der Waals surface area (Å²) in [5.41, 5.74) is 10.7. The van der Waals surface area contributed by atoms with Crippen LogP contribution in [0.2, 0.25) is 0 Å². The van der Waals surface area contributed by atoms with E-state index in [0.717, 1.165) is 61.6 Å². The number of anilines is 4. The van der Waals surface area contributed by atoms with Crippen LogP contribution in [0.25, 0.3) is 50.8 Å². The lowest BCUT2D eigenvalue weighted by Crippen LogP contribution is -2.58. The van der Waals surface area contributed by atoms with Gasteiger partial charge in [0.2, 0.25) is 0 Å². The number of aryl methyl sites for hydroxylation is 1. The minimum Gasteiger partial charge on any atom is -0.343 e. The molecule has 0 aliphatic carbocycles. The standard InChI is InChI=1S/C48H33N7.ClHO4/c1-53-42-20-12-11-19-40(42)41(46(53)37-17-9-4-10-18-37)29-30-43-54(38-25-21-33(31-49)22-26-38)47-48(55(43)39-27-23-34(32-50)24-28-39)52-45(36-15-7-3-8-16-36)44(51-47)35-13-5-2-6-14-35;2-1(3,4)5/h2-30,43H,1H3;(H,2,3,4,5)/b30-29+;. The molecule has 292 valence electrons. The fraction of sp³-hybridized carbons (Fsp3) is 0.0417. The molecule has 0 saturated carbocycles. The first kappa shape index (κ1) is 39.2. The summed E-state index contributed by atoms with van der Waals surface area (Å²) in [6.45, 7) is 0. The van der Waals surface area contributed by atoms with E-state index in [0.29, 0.717) is 22.8 Å². The zero-order valence-electron chi connectivity index (χ0n) is 32.0. The monoisotopic (exact) mass is 807 g/mol. The maximum Gasteiger partial charge on any atom is 0.179 e. The van der Waals surface area contributed by atoms with Gasteiger partial charge in [-0.15, -0.1) is 0 Å². The summed E-state index contributed by atoms with van der Waals surface area (Å²) in [5, 5.41) is 20.6. The van der Waals surface area contributed by atoms with Crippen molar-refractivity contribution in [2.75, 3.05) is 9.80 Å². The summed E-state index contributed by atoms with van der Waals surface area (Å²) < 4.78 is 35.0. The summed E-state index contributed by atoms with van der Waals surface area (Å²) in [4.78, 5) is 15.4. The molecule has 6 aromatic carbocycles. The quantitative estimate of drug-likeness (QED) is 0.178. The number of para-hydroxylation sites is 1. The highest BCUT2D eigenvalue weighted by Gasteiger charge is 2.40. The van der Waals surface area contributed by atoms with Gasteiger partial charge in [0.15, 0.2) is 11.6 Å². The minimum absolute atomic E-state index is 0.451. The topological polar surface area (TPSA) is 174 Å². The zero-order chi connectivity index (χ0) is 41.8. The van der Waals surface area contributed by atoms with Gasteiger partial charge < -0.3 is 4.57 Å². The van der Waals surface area contributed by atoms with Gasteiger partial charge in [0.1, 0.15) is 6.17 Å². The fourth-order valence-corrected chi connectivity index (χ4v) is 7.54. The van der Waals surface area contributed by atoms with E-state index in [2.05, 4.69) is 119 Å². The SMILES string of the molecule is Cn1c(-c2ccccc2)c(/C=C/C2N(c3ccc(C#N)cc3)c3nc(-c4ccccc4)c(-c4ccccc4)nc3N2c2ccc(C#N)cc2)c2ccccc21.[O-][Cl+3]([O-])([O-])O. The van der Waals surface area contributed by atoms with Crippen LogP contribution in [0, 0.1) is 32.9 Å². The molecular formula is C48H34ClN7O4. The first-order valence-corrected chi connectivity index (χ1v) is 20.0. The third-order valence-corrected chi connectivity index (χ3v) is 10.1. The van der Waals surface area contributed by atoms with Crippen LogP contribution in [0.3, 0.4) is 0 Å².